The molecule has 0 unspecified atom stereocenters. The predicted octanol–water partition coefficient (Wildman–Crippen LogP) is 4.47. The van der Waals surface area contributed by atoms with E-state index >= 15 is 0 Å². The molecule has 1 rings (SSSR count). The van der Waals surface area contributed by atoms with Crippen LogP contribution in [0.3, 0.4) is 0 Å². The van der Waals surface area contributed by atoms with Gasteiger partial charge < -0.3 is 0 Å². The molecule has 0 spiro atoms. The lowest BCUT2D eigenvalue weighted by Gasteiger charge is -2.11. The highest BCUT2D eigenvalue weighted by Gasteiger charge is 2.31. The van der Waals surface area contributed by atoms with Gasteiger partial charge in [-0.1, -0.05) is 72.1 Å². The maximum Gasteiger partial charge on any atom is 0.379 e. The molecule has 0 bridgehead atoms. The van der Waals surface area contributed by atoms with Crippen molar-refractivity contribution in [2.45, 2.75) is 97.4 Å². The summed E-state index contributed by atoms with van der Waals surface area (Å²) in [5.74, 6) is 1.01. The lowest BCUT2D eigenvalue weighted by molar-refractivity contribution is -0.704. The molecule has 0 aliphatic heterocycles. The first-order chi connectivity index (χ1) is 12.3. The first-order valence-corrected chi connectivity index (χ1v) is 11.8. The van der Waals surface area contributed by atoms with Gasteiger partial charge in [-0.3, -0.25) is 0 Å². The fourth-order valence-electron chi connectivity index (χ4n) is 3.34. The monoisotopic (exact) mass is 386 g/mol. The third-order valence-corrected chi connectivity index (χ3v) is 6.61. The van der Waals surface area contributed by atoms with Crippen LogP contribution in [0.4, 0.5) is 0 Å². The van der Waals surface area contributed by atoms with E-state index in [1.807, 2.05) is 20.0 Å². The van der Waals surface area contributed by atoms with Crippen molar-refractivity contribution in [3.05, 3.63) is 18.2 Å². The van der Waals surface area contributed by atoms with Gasteiger partial charge in [0.25, 0.3) is 5.82 Å². The zero-order valence-corrected chi connectivity index (χ0v) is 18.4. The maximum absolute atomic E-state index is 12.5. The summed E-state index contributed by atoms with van der Waals surface area (Å²) in [6.45, 7) is 7.24. The molecule has 0 amide bonds. The van der Waals surface area contributed by atoms with Gasteiger partial charge in [-0.25, -0.2) is 4.57 Å². The van der Waals surface area contributed by atoms with Crippen LogP contribution in [0.15, 0.2) is 12.4 Å². The van der Waals surface area contributed by atoms with Crippen LogP contribution in [0.2, 0.25) is 0 Å². The first kappa shape index (κ1) is 23.2. The van der Waals surface area contributed by atoms with Crippen LogP contribution < -0.4 is 4.57 Å². The van der Waals surface area contributed by atoms with E-state index in [9.17, 15) is 8.42 Å². The summed E-state index contributed by atoms with van der Waals surface area (Å²) < 4.78 is 29.8. The molecule has 0 aromatic carbocycles. The van der Waals surface area contributed by atoms with Crippen LogP contribution in [0.1, 0.15) is 96.7 Å². The molecular weight excluding hydrogens is 346 g/mol. The minimum Gasteiger partial charge on any atom is -0.233 e. The lowest BCUT2D eigenvalue weighted by Crippen LogP contribution is -2.40. The van der Waals surface area contributed by atoms with Gasteiger partial charge in [0, 0.05) is 14.1 Å². The van der Waals surface area contributed by atoms with Gasteiger partial charge in [-0.05, 0) is 12.8 Å². The van der Waals surface area contributed by atoms with Crippen molar-refractivity contribution in [1.82, 2.24) is 8.28 Å². The quantitative estimate of drug-likeness (QED) is 0.350. The fourth-order valence-corrected chi connectivity index (χ4v) is 4.45. The molecule has 0 aliphatic rings. The Kier molecular flexibility index (Phi) is 10.5. The van der Waals surface area contributed by atoms with Gasteiger partial charge in [-0.15, -0.1) is 3.97 Å². The van der Waals surface area contributed by atoms with Gasteiger partial charge in [0.2, 0.25) is 0 Å². The summed E-state index contributed by atoms with van der Waals surface area (Å²) in [4.78, 5) is 0. The molecule has 0 saturated carbocycles. The molecule has 0 aliphatic carbocycles. The van der Waals surface area contributed by atoms with Crippen LogP contribution in [0.5, 0.6) is 0 Å². The largest absolute Gasteiger partial charge is 0.379 e. The lowest BCUT2D eigenvalue weighted by atomic mass is 10.1. The number of unbranched alkanes of at least 4 members (excludes halogenated alkanes) is 9. The smallest absolute Gasteiger partial charge is 0.233 e. The van der Waals surface area contributed by atoms with Gasteiger partial charge in [0.05, 0.1) is 12.5 Å². The Bertz CT molecular complexity index is 607. The Morgan fingerprint density at radius 1 is 0.962 bits per heavy atom. The van der Waals surface area contributed by atoms with E-state index in [1.54, 1.807) is 20.3 Å². The maximum atomic E-state index is 12.5. The Morgan fingerprint density at radius 2 is 1.46 bits per heavy atom. The van der Waals surface area contributed by atoms with Crippen molar-refractivity contribution >= 4 is 10.2 Å². The SMILES string of the molecule is CCCCCCCCCCCC[n+]1ccn(S(=O)(=O)N(C)C)c1C(C)C. The molecule has 0 radical (unpaired) electrons. The molecule has 0 saturated heterocycles. The zero-order valence-electron chi connectivity index (χ0n) is 17.6. The topological polar surface area (TPSA) is 46.2 Å². The van der Waals surface area contributed by atoms with Crippen LogP contribution in [0, 0.1) is 0 Å². The minimum absolute atomic E-state index is 0.155. The Morgan fingerprint density at radius 3 is 1.92 bits per heavy atom. The van der Waals surface area contributed by atoms with Crippen LogP contribution in [-0.4, -0.2) is 30.8 Å². The van der Waals surface area contributed by atoms with Crippen molar-refractivity contribution in [2.75, 3.05) is 14.1 Å². The fraction of sp³-hybridized carbons (Fsp3) is 0.850. The number of hydrogen-bond donors (Lipinski definition) is 0. The van der Waals surface area contributed by atoms with E-state index < -0.39 is 10.2 Å². The summed E-state index contributed by atoms with van der Waals surface area (Å²) in [6.07, 6.45) is 16.7. The van der Waals surface area contributed by atoms with E-state index in [-0.39, 0.29) is 5.92 Å². The second-order valence-electron chi connectivity index (χ2n) is 7.77. The van der Waals surface area contributed by atoms with E-state index in [4.69, 9.17) is 0 Å². The summed E-state index contributed by atoms with van der Waals surface area (Å²) in [7, 11) is -0.304. The molecule has 26 heavy (non-hydrogen) atoms. The number of hydrogen-bond acceptors (Lipinski definition) is 2. The van der Waals surface area contributed by atoms with Gasteiger partial charge in [0.15, 0.2) is 0 Å². The molecule has 152 valence electrons. The van der Waals surface area contributed by atoms with Crippen LogP contribution in [-0.2, 0) is 16.8 Å². The van der Waals surface area contributed by atoms with E-state index in [0.29, 0.717) is 0 Å². The highest BCUT2D eigenvalue weighted by atomic mass is 32.2. The summed E-state index contributed by atoms with van der Waals surface area (Å²) in [6, 6.07) is 0. The number of aryl methyl sites for hydroxylation is 1. The minimum atomic E-state index is -3.45. The summed E-state index contributed by atoms with van der Waals surface area (Å²) >= 11 is 0. The molecule has 5 nitrogen and oxygen atoms in total. The first-order valence-electron chi connectivity index (χ1n) is 10.4. The van der Waals surface area contributed by atoms with Crippen LogP contribution in [0.25, 0.3) is 0 Å². The number of aromatic nitrogens is 2. The van der Waals surface area contributed by atoms with Crippen molar-refractivity contribution in [3.63, 3.8) is 0 Å². The highest BCUT2D eigenvalue weighted by Crippen LogP contribution is 2.15. The van der Waals surface area contributed by atoms with E-state index in [0.717, 1.165) is 18.8 Å². The van der Waals surface area contributed by atoms with Gasteiger partial charge in [0.1, 0.15) is 12.4 Å². The van der Waals surface area contributed by atoms with Gasteiger partial charge in [-0.2, -0.15) is 12.7 Å². The second kappa shape index (κ2) is 11.8. The van der Waals surface area contributed by atoms with Crippen molar-refractivity contribution in [1.29, 1.82) is 0 Å². The Balaban J connectivity index is 2.43. The molecule has 1 heterocycles. The van der Waals surface area contributed by atoms with E-state index in [1.165, 1.54) is 66.1 Å². The molecule has 6 heteroatoms. The number of nitrogens with zero attached hydrogens (tertiary/aromatic N) is 3. The third kappa shape index (κ3) is 7.03. The zero-order chi connectivity index (χ0) is 19.6. The molecule has 0 fully saturated rings. The van der Waals surface area contributed by atoms with Crippen molar-refractivity contribution in [2.24, 2.45) is 0 Å². The second-order valence-corrected chi connectivity index (χ2v) is 9.79. The summed E-state index contributed by atoms with van der Waals surface area (Å²) in [5.41, 5.74) is 0. The Hall–Kier alpha value is -0.880. The average Bonchev–Trinajstić information content (AvgIpc) is 3.01. The average molecular weight is 387 g/mol. The number of imidazole rings is 1. The normalized spacial score (nSPS) is 12.4. The molecule has 1 aromatic heterocycles. The summed E-state index contributed by atoms with van der Waals surface area (Å²) in [5, 5.41) is 0. The van der Waals surface area contributed by atoms with E-state index in [2.05, 4.69) is 11.5 Å². The molecule has 1 aromatic rings. The Labute approximate surface area is 161 Å². The third-order valence-electron chi connectivity index (χ3n) is 4.88. The predicted molar refractivity (Wildman–Crippen MR) is 109 cm³/mol. The molecule has 0 atom stereocenters. The van der Waals surface area contributed by atoms with Gasteiger partial charge >= 0.3 is 10.2 Å². The number of rotatable bonds is 14. The standard InChI is InChI=1S/C20H40N3O2S/c1-6-7-8-9-10-11-12-13-14-15-16-22-17-18-23(20(22)19(2)3)26(24,25)21(4)5/h17-19H,6-16H2,1-5H3/q+1. The van der Waals surface area contributed by atoms with Crippen LogP contribution >= 0.6 is 0 Å². The molecular formula is C20H40N3O2S+. The highest BCUT2D eigenvalue weighted by molar-refractivity contribution is 7.87. The molecule has 0 N–H and O–H groups in total. The van der Waals surface area contributed by atoms with Crippen molar-refractivity contribution in [3.8, 4) is 0 Å². The van der Waals surface area contributed by atoms with Crippen molar-refractivity contribution < 1.29 is 13.0 Å².